The molecule has 0 aromatic heterocycles. The smallest absolute Gasteiger partial charge is 0.306 e. The van der Waals surface area contributed by atoms with E-state index in [0.717, 1.165) is 113 Å². The lowest BCUT2D eigenvalue weighted by Crippen LogP contribution is -2.20. The highest BCUT2D eigenvalue weighted by Crippen LogP contribution is 2.24. The van der Waals surface area contributed by atoms with Crippen LogP contribution in [0.3, 0.4) is 0 Å². The predicted molar refractivity (Wildman–Crippen MR) is 283 cm³/mol. The summed E-state index contributed by atoms with van der Waals surface area (Å²) in [5.41, 5.74) is 2.61. The van der Waals surface area contributed by atoms with Crippen LogP contribution in [-0.4, -0.2) is 62.8 Å². The Morgan fingerprint density at radius 3 is 1.11 bits per heavy atom. The van der Waals surface area contributed by atoms with E-state index in [-0.39, 0.29) is 24.0 Å². The maximum Gasteiger partial charge on any atom is 0.306 e. The number of rotatable bonds is 45. The fourth-order valence-electron chi connectivity index (χ4n) is 9.00. The van der Waals surface area contributed by atoms with E-state index in [1.807, 2.05) is 14.1 Å². The van der Waals surface area contributed by atoms with Crippen molar-refractivity contribution in [2.75, 3.05) is 33.9 Å². The molecule has 0 heterocycles. The highest BCUT2D eigenvalue weighted by atomic mass is 16.5. The number of carbonyl (C=O) groups excluding carboxylic acids is 3. The van der Waals surface area contributed by atoms with Crippen molar-refractivity contribution in [1.29, 1.82) is 0 Å². The standard InChI is InChI=1S/C59H111NO6/c1-48(2)26-19-28-50(5)30-21-32-52(7)34-23-36-54(9)43-46-64-57(61)40-17-13-15-38-56(66-59(63)42-25-45-60(11)12)39-16-14-18-41-58(62)65-47-44-55(10)37-24-35-53(8)33-22-31-51(6)29-20-27-49(3)4/h43-44,48-53,56H,13-42,45-47H2,1-12H3/b54-43+,55-44+. The van der Waals surface area contributed by atoms with E-state index in [2.05, 4.69) is 86.3 Å². The number of nitrogens with zero attached hydrogens (tertiary/aromatic N) is 1. The van der Waals surface area contributed by atoms with Gasteiger partial charge >= 0.3 is 17.9 Å². The molecular weight excluding hydrogens is 819 g/mol. The normalized spacial score (nSPS) is 14.7. The van der Waals surface area contributed by atoms with Crippen molar-refractivity contribution in [1.82, 2.24) is 4.90 Å². The molecule has 66 heavy (non-hydrogen) atoms. The van der Waals surface area contributed by atoms with Gasteiger partial charge in [0.1, 0.15) is 19.3 Å². The van der Waals surface area contributed by atoms with Gasteiger partial charge in [-0.15, -0.1) is 0 Å². The molecule has 0 bridgehead atoms. The maximum atomic E-state index is 12.7. The number of esters is 3. The number of hydrogen-bond donors (Lipinski definition) is 0. The van der Waals surface area contributed by atoms with Gasteiger partial charge in [0.15, 0.2) is 0 Å². The third-order valence-corrected chi connectivity index (χ3v) is 13.7. The molecule has 0 N–H and O–H groups in total. The molecular formula is C59H111NO6. The fourth-order valence-corrected chi connectivity index (χ4v) is 9.00. The van der Waals surface area contributed by atoms with E-state index in [9.17, 15) is 14.4 Å². The second kappa shape index (κ2) is 42.9. The molecule has 0 spiro atoms. The average Bonchev–Trinajstić information content (AvgIpc) is 3.22. The van der Waals surface area contributed by atoms with Gasteiger partial charge in [0, 0.05) is 19.3 Å². The molecule has 0 aliphatic rings. The van der Waals surface area contributed by atoms with E-state index >= 15 is 0 Å². The first-order valence-corrected chi connectivity index (χ1v) is 27.9. The summed E-state index contributed by atoms with van der Waals surface area (Å²) >= 11 is 0. The summed E-state index contributed by atoms with van der Waals surface area (Å²) in [7, 11) is 4.02. The van der Waals surface area contributed by atoms with Crippen LogP contribution < -0.4 is 0 Å². The van der Waals surface area contributed by atoms with Crippen LogP contribution in [-0.2, 0) is 28.6 Å². The molecule has 0 aromatic carbocycles. The van der Waals surface area contributed by atoms with Crippen LogP contribution in [0.4, 0.5) is 0 Å². The van der Waals surface area contributed by atoms with Gasteiger partial charge in [-0.05, 0) is 153 Å². The lowest BCUT2D eigenvalue weighted by molar-refractivity contribution is -0.150. The summed E-state index contributed by atoms with van der Waals surface area (Å²) in [5, 5.41) is 0. The van der Waals surface area contributed by atoms with Crippen LogP contribution >= 0.6 is 0 Å². The number of unbranched alkanes of at least 4 members (excludes halogenated alkanes) is 4. The molecule has 4 atom stereocenters. The van der Waals surface area contributed by atoms with E-state index in [1.54, 1.807) is 0 Å². The minimum atomic E-state index is -0.140. The van der Waals surface area contributed by atoms with Gasteiger partial charge in [0.2, 0.25) is 0 Å². The minimum absolute atomic E-state index is 0.134. The highest BCUT2D eigenvalue weighted by molar-refractivity contribution is 5.70. The van der Waals surface area contributed by atoms with Crippen molar-refractivity contribution in [2.24, 2.45) is 35.5 Å². The zero-order chi connectivity index (χ0) is 49.4. The molecule has 0 saturated carbocycles. The van der Waals surface area contributed by atoms with Gasteiger partial charge in [-0.1, -0.05) is 169 Å². The second-order valence-electron chi connectivity index (χ2n) is 22.4. The van der Waals surface area contributed by atoms with Crippen LogP contribution in [0.2, 0.25) is 0 Å². The van der Waals surface area contributed by atoms with Crippen molar-refractivity contribution >= 4 is 17.9 Å². The Morgan fingerprint density at radius 1 is 0.394 bits per heavy atom. The molecule has 0 rings (SSSR count). The molecule has 0 aliphatic heterocycles. The zero-order valence-electron chi connectivity index (χ0n) is 45.9. The summed E-state index contributed by atoms with van der Waals surface area (Å²) in [5.74, 6) is 4.47. The largest absolute Gasteiger partial charge is 0.462 e. The number of carbonyl (C=O) groups is 3. The Morgan fingerprint density at radius 2 is 0.742 bits per heavy atom. The summed E-state index contributed by atoms with van der Waals surface area (Å²) in [6.07, 6.45) is 36.1. The van der Waals surface area contributed by atoms with Crippen molar-refractivity contribution in [2.45, 2.75) is 268 Å². The minimum Gasteiger partial charge on any atom is -0.462 e. The third kappa shape index (κ3) is 44.4. The van der Waals surface area contributed by atoms with Crippen LogP contribution in [0.25, 0.3) is 0 Å². The number of hydrogen-bond acceptors (Lipinski definition) is 7. The molecule has 0 radical (unpaired) electrons. The molecule has 0 fully saturated rings. The van der Waals surface area contributed by atoms with Crippen LogP contribution in [0.15, 0.2) is 23.3 Å². The average molecular weight is 931 g/mol. The molecule has 0 aromatic rings. The van der Waals surface area contributed by atoms with Gasteiger partial charge in [-0.3, -0.25) is 14.4 Å². The van der Waals surface area contributed by atoms with Crippen molar-refractivity contribution in [3.05, 3.63) is 23.3 Å². The van der Waals surface area contributed by atoms with Gasteiger partial charge in [-0.2, -0.15) is 0 Å². The molecule has 7 heteroatoms. The van der Waals surface area contributed by atoms with Crippen LogP contribution in [0, 0.1) is 35.5 Å². The van der Waals surface area contributed by atoms with Gasteiger partial charge in [-0.25, -0.2) is 0 Å². The highest BCUT2D eigenvalue weighted by Gasteiger charge is 2.16. The molecule has 0 amide bonds. The Kier molecular flexibility index (Phi) is 41.5. The monoisotopic (exact) mass is 930 g/mol. The Balaban J connectivity index is 4.35. The third-order valence-electron chi connectivity index (χ3n) is 13.7. The van der Waals surface area contributed by atoms with E-state index in [4.69, 9.17) is 14.2 Å². The fraction of sp³-hybridized carbons (Fsp3) is 0.881. The first kappa shape index (κ1) is 63.8. The summed E-state index contributed by atoms with van der Waals surface area (Å²) in [4.78, 5) is 39.7. The topological polar surface area (TPSA) is 82.1 Å². The van der Waals surface area contributed by atoms with Crippen molar-refractivity contribution < 1.29 is 28.6 Å². The first-order chi connectivity index (χ1) is 31.5. The Labute approximate surface area is 410 Å². The molecule has 0 saturated heterocycles. The van der Waals surface area contributed by atoms with Crippen molar-refractivity contribution in [3.8, 4) is 0 Å². The summed E-state index contributed by atoms with van der Waals surface area (Å²) in [6.45, 7) is 24.8. The second-order valence-corrected chi connectivity index (χ2v) is 22.4. The summed E-state index contributed by atoms with van der Waals surface area (Å²) in [6, 6.07) is 0. The number of ether oxygens (including phenoxy) is 3. The molecule has 7 nitrogen and oxygen atoms in total. The van der Waals surface area contributed by atoms with Crippen molar-refractivity contribution in [3.63, 3.8) is 0 Å². The van der Waals surface area contributed by atoms with Gasteiger partial charge in [0.05, 0.1) is 0 Å². The predicted octanol–water partition coefficient (Wildman–Crippen LogP) is 17.0. The van der Waals surface area contributed by atoms with Crippen LogP contribution in [0.1, 0.15) is 262 Å². The first-order valence-electron chi connectivity index (χ1n) is 27.9. The zero-order valence-corrected chi connectivity index (χ0v) is 45.9. The maximum absolute atomic E-state index is 12.7. The SMILES string of the molecule is C/C(=C\COC(=O)CCCCCC(CCCCCC(=O)OC/C=C(\C)CCCC(C)CCCC(C)CCCC(C)C)OC(=O)CCCN(C)C)CCCC(C)CCCC(C)CCCC(C)C. The lowest BCUT2D eigenvalue weighted by atomic mass is 9.91. The van der Waals surface area contributed by atoms with E-state index < -0.39 is 0 Å². The van der Waals surface area contributed by atoms with Crippen LogP contribution in [0.5, 0.6) is 0 Å². The van der Waals surface area contributed by atoms with Gasteiger partial charge < -0.3 is 19.1 Å². The van der Waals surface area contributed by atoms with E-state index in [0.29, 0.717) is 32.5 Å². The number of allylic oxidation sites excluding steroid dienone is 2. The quantitative estimate of drug-likeness (QED) is 0.0260. The van der Waals surface area contributed by atoms with E-state index in [1.165, 1.54) is 114 Å². The molecule has 0 aliphatic carbocycles. The Hall–Kier alpha value is -2.15. The Bertz CT molecular complexity index is 1160. The lowest BCUT2D eigenvalue weighted by Gasteiger charge is -2.18. The van der Waals surface area contributed by atoms with Gasteiger partial charge in [0.25, 0.3) is 0 Å². The molecule has 4 unspecified atom stereocenters. The molecule has 388 valence electrons. The summed E-state index contributed by atoms with van der Waals surface area (Å²) < 4.78 is 17.0.